The Morgan fingerprint density at radius 1 is 0.681 bits per heavy atom. The molecule has 0 saturated carbocycles. The number of halogens is 1. The zero-order valence-corrected chi connectivity index (χ0v) is 42.9. The summed E-state index contributed by atoms with van der Waals surface area (Å²) >= 11 is 3.26. The molecule has 376 valence electrons. The van der Waals surface area contributed by atoms with Gasteiger partial charge in [-0.15, -0.1) is 5.10 Å². The Labute approximate surface area is 423 Å². The average Bonchev–Trinajstić information content (AvgIpc) is 4.19. The standard InChI is InChI=1S/C22H24N8O2.C13H14N2O3.C9H9BrO3.C4H7BN2O2/c1-13(2)30-21(26-27-28-30)18-7-6-8-20(24-18)25-22(31)17-10-16(14(3)9-19(17)32-5)15-11-23-29(4)12-15;1-8-4-12(18-3)11(13(16)17)5-10(8)9-6-14-15(2)7-9;1-5-3-8(13-2)6(9(11)12)4-7(5)10;1-7-3-4(2-6-7)5(8)9/h6-13H,1-5H3,(H,24,25,31);4-7H,1-3H3,(H,16,17);3-4H,1-2H3,(H,11,12);2-3,8-9H,1H3. The molecule has 0 aliphatic heterocycles. The Hall–Kier alpha value is -8.22. The number of ether oxygens (including phenoxy) is 3. The fraction of sp³-hybridized carbons (Fsp3) is 0.250. The highest BCUT2D eigenvalue weighted by atomic mass is 79.9. The molecule has 0 fully saturated rings. The van der Waals surface area contributed by atoms with E-state index in [-0.39, 0.29) is 23.1 Å². The van der Waals surface area contributed by atoms with Crippen molar-refractivity contribution in [2.24, 2.45) is 21.1 Å². The predicted octanol–water partition coefficient (Wildman–Crippen LogP) is 5.95. The van der Waals surface area contributed by atoms with Crippen LogP contribution >= 0.6 is 15.9 Å². The smallest absolute Gasteiger partial charge is 0.491 e. The molecule has 8 aromatic rings. The Balaban J connectivity index is 0.000000201. The quantitative estimate of drug-likeness (QED) is 0.0884. The van der Waals surface area contributed by atoms with Crippen molar-refractivity contribution in [3.63, 3.8) is 0 Å². The summed E-state index contributed by atoms with van der Waals surface area (Å²) in [5.74, 6) is -0.178. The number of hydrogen-bond acceptors (Lipinski definition) is 15. The van der Waals surface area contributed by atoms with Crippen LogP contribution in [0.5, 0.6) is 17.2 Å². The van der Waals surface area contributed by atoms with Crippen LogP contribution in [-0.4, -0.2) is 121 Å². The first-order valence-electron chi connectivity index (χ1n) is 21.7. The second kappa shape index (κ2) is 24.6. The van der Waals surface area contributed by atoms with Crippen LogP contribution in [0.3, 0.4) is 0 Å². The molecule has 5 aromatic heterocycles. The monoisotopic (exact) mass is 1050 g/mol. The van der Waals surface area contributed by atoms with E-state index in [0.29, 0.717) is 45.6 Å². The topological polar surface area (TPSA) is 282 Å². The van der Waals surface area contributed by atoms with Crippen LogP contribution in [-0.2, 0) is 21.1 Å². The highest BCUT2D eigenvalue weighted by Gasteiger charge is 2.20. The number of benzene rings is 3. The number of anilines is 1. The first-order valence-corrected chi connectivity index (χ1v) is 22.5. The lowest BCUT2D eigenvalue weighted by Crippen LogP contribution is -2.28. The molecule has 5 heterocycles. The van der Waals surface area contributed by atoms with Crippen LogP contribution in [0.25, 0.3) is 33.8 Å². The normalized spacial score (nSPS) is 10.5. The van der Waals surface area contributed by atoms with Crippen molar-refractivity contribution in [3.05, 3.63) is 130 Å². The molecule has 22 nitrogen and oxygen atoms in total. The van der Waals surface area contributed by atoms with Gasteiger partial charge in [-0.25, -0.2) is 19.3 Å². The fourth-order valence-electron chi connectivity index (χ4n) is 6.87. The van der Waals surface area contributed by atoms with Crippen molar-refractivity contribution >= 4 is 52.2 Å². The first-order chi connectivity index (χ1) is 34.1. The number of aromatic carboxylic acids is 2. The Bertz CT molecular complexity index is 3180. The number of nitrogens with one attached hydrogen (secondary N) is 1. The molecular weight excluding hydrogens is 995 g/mol. The maximum absolute atomic E-state index is 13.2. The van der Waals surface area contributed by atoms with E-state index in [0.717, 1.165) is 43.4 Å². The number of carboxylic acids is 2. The molecule has 8 rings (SSSR count). The fourth-order valence-corrected chi connectivity index (χ4v) is 7.22. The van der Waals surface area contributed by atoms with Crippen molar-refractivity contribution < 1.29 is 48.9 Å². The van der Waals surface area contributed by atoms with E-state index in [2.05, 4.69) is 57.1 Å². The van der Waals surface area contributed by atoms with Crippen molar-refractivity contribution in [2.75, 3.05) is 26.6 Å². The van der Waals surface area contributed by atoms with Crippen molar-refractivity contribution in [2.45, 2.75) is 40.7 Å². The Morgan fingerprint density at radius 3 is 1.61 bits per heavy atom. The zero-order chi connectivity index (χ0) is 53.0. The second-order valence-corrected chi connectivity index (χ2v) is 17.0. The van der Waals surface area contributed by atoms with Gasteiger partial charge >= 0.3 is 19.1 Å². The van der Waals surface area contributed by atoms with E-state index in [4.69, 9.17) is 34.5 Å². The van der Waals surface area contributed by atoms with Gasteiger partial charge in [0, 0.05) is 67.0 Å². The number of carbonyl (C=O) groups excluding carboxylic acids is 1. The summed E-state index contributed by atoms with van der Waals surface area (Å²) < 4.78 is 22.9. The summed E-state index contributed by atoms with van der Waals surface area (Å²) in [6.07, 6.45) is 10.2. The SMILES string of the molecule is COc1cc(C)c(-c2cnn(C)c2)cc1C(=O)Nc1cccc(-c2nnnn2C(C)C)n1.COc1cc(C)c(-c2cnn(C)c2)cc1C(=O)O.COc1cc(C)c(Br)cc1C(=O)O.Cn1cc(B(O)O)cn1. The van der Waals surface area contributed by atoms with Gasteiger partial charge in [-0.05, 0) is 121 Å². The van der Waals surface area contributed by atoms with Crippen LogP contribution < -0.4 is 25.0 Å². The summed E-state index contributed by atoms with van der Waals surface area (Å²) in [4.78, 5) is 39.6. The molecule has 0 unspecified atom stereocenters. The van der Waals surface area contributed by atoms with Gasteiger partial charge in [0.15, 0.2) is 0 Å². The number of pyridine rings is 1. The third kappa shape index (κ3) is 13.8. The van der Waals surface area contributed by atoms with E-state index in [1.54, 1.807) is 83.2 Å². The molecular formula is C48H54BBrN12O10. The number of rotatable bonds is 12. The highest BCUT2D eigenvalue weighted by Crippen LogP contribution is 2.32. The lowest BCUT2D eigenvalue weighted by atomic mass is 9.83. The molecule has 0 aliphatic carbocycles. The van der Waals surface area contributed by atoms with Gasteiger partial charge in [-0.1, -0.05) is 22.0 Å². The average molecular weight is 1050 g/mol. The summed E-state index contributed by atoms with van der Waals surface area (Å²) in [6.45, 7) is 9.72. The summed E-state index contributed by atoms with van der Waals surface area (Å²) in [6, 6.07) is 15.6. The van der Waals surface area contributed by atoms with Gasteiger partial charge in [0.05, 0.1) is 45.3 Å². The van der Waals surface area contributed by atoms with Crippen molar-refractivity contribution in [3.8, 4) is 51.0 Å². The van der Waals surface area contributed by atoms with Crippen LogP contribution in [0.4, 0.5) is 5.82 Å². The minimum Gasteiger partial charge on any atom is -0.496 e. The van der Waals surface area contributed by atoms with E-state index in [9.17, 15) is 14.4 Å². The minimum atomic E-state index is -1.40. The molecule has 1 amide bonds. The van der Waals surface area contributed by atoms with Crippen molar-refractivity contribution in [1.82, 2.24) is 54.5 Å². The van der Waals surface area contributed by atoms with Gasteiger partial charge < -0.3 is 39.8 Å². The molecule has 0 aliphatic rings. The number of aromatic nitrogens is 11. The van der Waals surface area contributed by atoms with Crippen molar-refractivity contribution in [1.29, 1.82) is 0 Å². The Kier molecular flexibility index (Phi) is 18.7. The van der Waals surface area contributed by atoms with Crippen LogP contribution in [0.2, 0.25) is 0 Å². The van der Waals surface area contributed by atoms with Gasteiger partial charge in [-0.3, -0.25) is 18.8 Å². The number of hydrogen-bond donors (Lipinski definition) is 5. The summed E-state index contributed by atoms with van der Waals surface area (Å²) in [7, 11) is 8.44. The number of aryl methyl sites for hydroxylation is 6. The number of carboxylic acid groups (broad SMARTS) is 2. The number of methoxy groups -OCH3 is 3. The van der Waals surface area contributed by atoms with E-state index in [1.165, 1.54) is 31.2 Å². The van der Waals surface area contributed by atoms with E-state index >= 15 is 0 Å². The number of tetrazole rings is 1. The third-order valence-corrected chi connectivity index (χ3v) is 11.4. The maximum Gasteiger partial charge on any atom is 0.491 e. The first kappa shape index (κ1) is 54.7. The summed E-state index contributed by atoms with van der Waals surface area (Å²) in [5.41, 5.74) is 8.13. The van der Waals surface area contributed by atoms with Gasteiger partial charge in [0.1, 0.15) is 39.9 Å². The second-order valence-electron chi connectivity index (χ2n) is 16.2. The minimum absolute atomic E-state index is 0.0720. The highest BCUT2D eigenvalue weighted by molar-refractivity contribution is 9.10. The molecule has 0 spiro atoms. The Morgan fingerprint density at radius 2 is 1.17 bits per heavy atom. The third-order valence-electron chi connectivity index (χ3n) is 10.5. The lowest BCUT2D eigenvalue weighted by molar-refractivity contribution is 0.0682. The van der Waals surface area contributed by atoms with E-state index in [1.807, 2.05) is 73.2 Å². The number of carbonyl (C=O) groups is 3. The molecule has 5 N–H and O–H groups in total. The van der Waals surface area contributed by atoms with Gasteiger partial charge in [0.25, 0.3) is 5.91 Å². The largest absolute Gasteiger partial charge is 0.496 e. The van der Waals surface area contributed by atoms with E-state index < -0.39 is 19.1 Å². The molecule has 0 bridgehead atoms. The molecule has 0 atom stereocenters. The molecule has 0 radical (unpaired) electrons. The predicted molar refractivity (Wildman–Crippen MR) is 272 cm³/mol. The molecule has 72 heavy (non-hydrogen) atoms. The molecule has 0 saturated heterocycles. The zero-order valence-electron chi connectivity index (χ0n) is 41.4. The van der Waals surface area contributed by atoms with Gasteiger partial charge in [0.2, 0.25) is 5.82 Å². The lowest BCUT2D eigenvalue weighted by Gasteiger charge is -2.13. The van der Waals surface area contributed by atoms with Crippen LogP contribution in [0.1, 0.15) is 67.7 Å². The van der Waals surface area contributed by atoms with Crippen LogP contribution in [0.15, 0.2) is 96.3 Å². The number of amides is 1. The maximum atomic E-state index is 13.2. The molecule has 3 aromatic carbocycles. The van der Waals surface area contributed by atoms with Crippen LogP contribution in [0, 0.1) is 20.8 Å². The molecule has 24 heteroatoms. The number of nitrogens with zero attached hydrogens (tertiary/aromatic N) is 11. The summed E-state index contributed by atoms with van der Waals surface area (Å²) in [5, 5.41) is 61.8. The van der Waals surface area contributed by atoms with Gasteiger partial charge in [-0.2, -0.15) is 15.3 Å².